The molecule has 9 heteroatoms. The van der Waals surface area contributed by atoms with Gasteiger partial charge in [-0.05, 0) is 68.3 Å². The molecule has 184 valence electrons. The first kappa shape index (κ1) is 22.7. The van der Waals surface area contributed by atoms with Gasteiger partial charge in [0.1, 0.15) is 0 Å². The molecule has 0 aromatic heterocycles. The summed E-state index contributed by atoms with van der Waals surface area (Å²) in [6.07, 6.45) is 6.26. The van der Waals surface area contributed by atoms with Crippen molar-refractivity contribution in [3.8, 4) is 0 Å². The molecule has 8 nitrogen and oxygen atoms in total. The lowest BCUT2D eigenvalue weighted by atomic mass is 9.86. The van der Waals surface area contributed by atoms with Gasteiger partial charge in [0, 0.05) is 36.4 Å². The van der Waals surface area contributed by atoms with E-state index in [0.717, 1.165) is 37.2 Å². The van der Waals surface area contributed by atoms with E-state index >= 15 is 0 Å². The van der Waals surface area contributed by atoms with Crippen molar-refractivity contribution in [2.45, 2.75) is 55.5 Å². The quantitative estimate of drug-likeness (QED) is 0.549. The van der Waals surface area contributed by atoms with Crippen LogP contribution in [0.4, 0.5) is 10.5 Å². The van der Waals surface area contributed by atoms with Crippen LogP contribution in [-0.4, -0.2) is 59.8 Å². The second-order valence-electron chi connectivity index (χ2n) is 10.1. The Kier molecular flexibility index (Phi) is 5.84. The minimum atomic E-state index is -0.165. The highest BCUT2D eigenvalue weighted by molar-refractivity contribution is 8.04. The molecule has 0 spiro atoms. The highest BCUT2D eigenvalue weighted by atomic mass is 32.2. The molecule has 6 rings (SSSR count). The molecule has 0 radical (unpaired) electrons. The topological polar surface area (TPSA) is 93.8 Å². The van der Waals surface area contributed by atoms with Crippen LogP contribution in [0, 0.1) is 5.92 Å². The van der Waals surface area contributed by atoms with Gasteiger partial charge in [-0.1, -0.05) is 30.5 Å². The van der Waals surface area contributed by atoms with Gasteiger partial charge in [-0.25, -0.2) is 4.79 Å². The van der Waals surface area contributed by atoms with Gasteiger partial charge in [0.2, 0.25) is 5.91 Å². The number of anilines is 1. The largest absolute Gasteiger partial charge is 0.347 e. The number of rotatable bonds is 5. The van der Waals surface area contributed by atoms with Crippen molar-refractivity contribution in [1.29, 1.82) is 0 Å². The molecule has 1 aromatic rings. The molecular weight excluding hydrogens is 462 g/mol. The number of carbonyl (C=O) groups excluding carboxylic acids is 3. The van der Waals surface area contributed by atoms with E-state index in [-0.39, 0.29) is 41.2 Å². The number of benzene rings is 1. The van der Waals surface area contributed by atoms with Gasteiger partial charge in [0.25, 0.3) is 5.91 Å². The first-order valence-electron chi connectivity index (χ1n) is 12.6. The third kappa shape index (κ3) is 4.14. The lowest BCUT2D eigenvalue weighted by Crippen LogP contribution is -2.62. The van der Waals surface area contributed by atoms with Gasteiger partial charge in [-0.3, -0.25) is 14.5 Å². The number of nitrogens with one attached hydrogen (secondary N) is 3. The molecule has 5 aliphatic rings. The average Bonchev–Trinajstić information content (AvgIpc) is 3.66. The van der Waals surface area contributed by atoms with Gasteiger partial charge in [-0.2, -0.15) is 0 Å². The molecule has 4 fully saturated rings. The predicted octanol–water partition coefficient (Wildman–Crippen LogP) is 2.65. The smallest absolute Gasteiger partial charge is 0.326 e. The zero-order valence-electron chi connectivity index (χ0n) is 19.7. The molecule has 35 heavy (non-hydrogen) atoms. The van der Waals surface area contributed by atoms with E-state index in [1.807, 2.05) is 17.0 Å². The van der Waals surface area contributed by atoms with Crippen LogP contribution < -0.4 is 20.9 Å². The summed E-state index contributed by atoms with van der Waals surface area (Å²) < 4.78 is 0. The number of thioether (sulfide) groups is 1. The number of nitrogens with zero attached hydrogens (tertiary/aromatic N) is 2. The lowest BCUT2D eigenvalue weighted by molar-refractivity contribution is -0.128. The van der Waals surface area contributed by atoms with Crippen LogP contribution in [0.25, 0.3) is 0 Å². The Morgan fingerprint density at radius 2 is 2.06 bits per heavy atom. The Bertz CT molecular complexity index is 1120. The normalized spacial score (nSPS) is 30.0. The summed E-state index contributed by atoms with van der Waals surface area (Å²) in [4.78, 5) is 43.1. The van der Waals surface area contributed by atoms with Crippen LogP contribution in [-0.2, 0) is 9.59 Å². The van der Waals surface area contributed by atoms with Crippen molar-refractivity contribution in [2.75, 3.05) is 24.5 Å². The van der Waals surface area contributed by atoms with E-state index in [1.54, 1.807) is 4.90 Å². The van der Waals surface area contributed by atoms with Gasteiger partial charge in [0.05, 0.1) is 16.3 Å². The fourth-order valence-corrected chi connectivity index (χ4v) is 7.34. The maximum atomic E-state index is 13.4. The second kappa shape index (κ2) is 9.02. The summed E-state index contributed by atoms with van der Waals surface area (Å²) in [5, 5.41) is 9.82. The molecule has 3 unspecified atom stereocenters. The number of piperidine rings is 2. The van der Waals surface area contributed by atoms with E-state index in [0.29, 0.717) is 23.9 Å². The van der Waals surface area contributed by atoms with Crippen molar-refractivity contribution in [2.24, 2.45) is 5.92 Å². The lowest BCUT2D eigenvalue weighted by Gasteiger charge is -2.46. The van der Waals surface area contributed by atoms with Crippen LogP contribution in [0.5, 0.6) is 0 Å². The van der Waals surface area contributed by atoms with Crippen molar-refractivity contribution >= 4 is 35.3 Å². The molecule has 3 saturated heterocycles. The summed E-state index contributed by atoms with van der Waals surface area (Å²) in [6, 6.07) is 8.12. The number of likely N-dealkylation sites (tertiary alicyclic amines) is 1. The van der Waals surface area contributed by atoms with Gasteiger partial charge < -0.3 is 20.9 Å². The fraction of sp³-hybridized carbons (Fsp3) is 0.500. The van der Waals surface area contributed by atoms with E-state index in [4.69, 9.17) is 0 Å². The van der Waals surface area contributed by atoms with Crippen LogP contribution in [0.1, 0.15) is 43.6 Å². The Balaban J connectivity index is 1.23. The molecule has 1 aliphatic carbocycles. The van der Waals surface area contributed by atoms with Crippen LogP contribution in [0.2, 0.25) is 0 Å². The fourth-order valence-electron chi connectivity index (χ4n) is 5.94. The van der Waals surface area contributed by atoms with Crippen LogP contribution in [0.15, 0.2) is 47.5 Å². The van der Waals surface area contributed by atoms with E-state index < -0.39 is 0 Å². The monoisotopic (exact) mass is 493 g/mol. The van der Waals surface area contributed by atoms with Gasteiger partial charge >= 0.3 is 6.03 Å². The van der Waals surface area contributed by atoms with Gasteiger partial charge in [0.15, 0.2) is 0 Å². The number of urea groups is 1. The zero-order valence-corrected chi connectivity index (χ0v) is 20.5. The second-order valence-corrected chi connectivity index (χ2v) is 11.2. The van der Waals surface area contributed by atoms with Crippen molar-refractivity contribution in [3.05, 3.63) is 53.1 Å². The number of hydrogen-bond acceptors (Lipinski definition) is 5. The highest BCUT2D eigenvalue weighted by Crippen LogP contribution is 2.48. The zero-order chi connectivity index (χ0) is 24.1. The third-order valence-corrected chi connectivity index (χ3v) is 9.14. The number of carbonyl (C=O) groups is 3. The molecule has 4 aliphatic heterocycles. The molecule has 1 saturated carbocycles. The van der Waals surface area contributed by atoms with Crippen LogP contribution >= 0.6 is 11.8 Å². The summed E-state index contributed by atoms with van der Waals surface area (Å²) in [7, 11) is 0. The number of amides is 4. The average molecular weight is 494 g/mol. The SMILES string of the molecule is C=CC(=O)N1CCC[C@@H](NC(=O)C2=C3NC(=O)N(c4cccc(C5CC5)c4)C4CCNC(S2)C34)C1. The first-order valence-corrected chi connectivity index (χ1v) is 13.5. The maximum absolute atomic E-state index is 13.4. The van der Waals surface area contributed by atoms with Crippen molar-refractivity contribution in [3.63, 3.8) is 0 Å². The Labute approximate surface area is 209 Å². The predicted molar refractivity (Wildman–Crippen MR) is 136 cm³/mol. The Hall–Kier alpha value is -2.78. The number of hydrogen-bond donors (Lipinski definition) is 3. The van der Waals surface area contributed by atoms with Crippen molar-refractivity contribution < 1.29 is 14.4 Å². The maximum Gasteiger partial charge on any atom is 0.326 e. The third-order valence-electron chi connectivity index (χ3n) is 7.79. The van der Waals surface area contributed by atoms with E-state index in [2.05, 4.69) is 34.7 Å². The van der Waals surface area contributed by atoms with Gasteiger partial charge in [-0.15, -0.1) is 0 Å². The van der Waals surface area contributed by atoms with E-state index in [9.17, 15) is 14.4 Å². The highest BCUT2D eigenvalue weighted by Gasteiger charge is 2.52. The first-order chi connectivity index (χ1) is 17.0. The summed E-state index contributed by atoms with van der Waals surface area (Å²) in [5.74, 6) is 0.378. The summed E-state index contributed by atoms with van der Waals surface area (Å²) in [5.41, 5.74) is 2.98. The summed E-state index contributed by atoms with van der Waals surface area (Å²) in [6.45, 7) is 5.54. The minimum absolute atomic E-state index is 0.00707. The molecule has 4 amide bonds. The van der Waals surface area contributed by atoms with E-state index in [1.165, 1.54) is 36.2 Å². The molecule has 1 aromatic carbocycles. The molecular formula is C26H31N5O3S. The molecule has 4 atom stereocenters. The summed E-state index contributed by atoms with van der Waals surface area (Å²) >= 11 is 1.51. The standard InChI is InChI=1S/C26H31N5O3S/c1-2-20(32)30-12-4-6-17(14-30)28-24(33)23-22-21-19(10-11-27-25(21)35-23)31(26(34)29-22)18-7-3-5-16(13-18)15-8-9-15/h2-3,5,7,13,15,17,19,21,25,27H,1,4,6,8-12,14H2,(H,28,33)(H,29,34)/t17-,19?,21?,25?/m1/s1. The Morgan fingerprint density at radius 1 is 1.20 bits per heavy atom. The molecule has 3 N–H and O–H groups in total. The van der Waals surface area contributed by atoms with Crippen molar-refractivity contribution in [1.82, 2.24) is 20.9 Å². The molecule has 4 heterocycles. The minimum Gasteiger partial charge on any atom is -0.347 e. The van der Waals surface area contributed by atoms with Crippen LogP contribution in [0.3, 0.4) is 0 Å². The Morgan fingerprint density at radius 3 is 2.86 bits per heavy atom. The molecule has 0 bridgehead atoms.